The van der Waals surface area contributed by atoms with Crippen LogP contribution in [0.25, 0.3) is 10.9 Å². The number of aryl methyl sites for hydroxylation is 1. The van der Waals surface area contributed by atoms with E-state index in [4.69, 9.17) is 0 Å². The number of benzene rings is 2. The fraction of sp³-hybridized carbons (Fsp3) is 0.304. The number of aliphatic imine (C=N–C) groups is 1. The highest BCUT2D eigenvalue weighted by molar-refractivity contribution is 7.90. The highest BCUT2D eigenvalue weighted by Crippen LogP contribution is 2.36. The lowest BCUT2D eigenvalue weighted by Gasteiger charge is -2.27. The molecule has 1 saturated carbocycles. The number of nitrogens with one attached hydrogen (secondary N) is 1. The number of sulfonamides is 1. The molecule has 3 aromatic rings. The molecule has 1 fully saturated rings. The van der Waals surface area contributed by atoms with Gasteiger partial charge in [-0.1, -0.05) is 43.5 Å². The van der Waals surface area contributed by atoms with Crippen molar-refractivity contribution in [1.82, 2.24) is 9.29 Å². The molecule has 2 N–H and O–H groups in total. The third-order valence-electron chi connectivity index (χ3n) is 6.21. The normalized spacial score (nSPS) is 18.3. The van der Waals surface area contributed by atoms with Gasteiger partial charge in [-0.3, -0.25) is 9.52 Å². The number of amidine groups is 1. The Morgan fingerprint density at radius 2 is 1.81 bits per heavy atom. The van der Waals surface area contributed by atoms with Crippen LogP contribution in [0.5, 0.6) is 5.75 Å². The number of pyridine rings is 1. The lowest BCUT2D eigenvalue weighted by Crippen LogP contribution is -2.40. The number of hydrogen-bond acceptors (Lipinski definition) is 5. The Morgan fingerprint density at radius 1 is 1.06 bits per heavy atom. The van der Waals surface area contributed by atoms with E-state index in [0.717, 1.165) is 37.7 Å². The molecule has 2 heterocycles. The van der Waals surface area contributed by atoms with Crippen molar-refractivity contribution in [3.05, 3.63) is 63.9 Å². The molecule has 0 radical (unpaired) electrons. The maximum atomic E-state index is 13.7. The Morgan fingerprint density at radius 3 is 2.58 bits per heavy atom. The SMILES string of the molecule is Cc1cccc2c1c(O)c(C1=Nc3ccccc3S(=O)(=O)N1)c(=O)n2C1CCCCC1. The molecule has 2 aromatic carbocycles. The van der Waals surface area contributed by atoms with E-state index < -0.39 is 15.6 Å². The molecule has 1 aliphatic carbocycles. The largest absolute Gasteiger partial charge is 0.506 e. The van der Waals surface area contributed by atoms with Gasteiger partial charge in [-0.15, -0.1) is 0 Å². The minimum atomic E-state index is -3.91. The molecule has 0 saturated heterocycles. The van der Waals surface area contributed by atoms with Crippen molar-refractivity contribution in [2.75, 3.05) is 0 Å². The van der Waals surface area contributed by atoms with E-state index in [0.29, 0.717) is 10.9 Å². The van der Waals surface area contributed by atoms with Gasteiger partial charge < -0.3 is 9.67 Å². The third-order valence-corrected chi connectivity index (χ3v) is 7.60. The summed E-state index contributed by atoms with van der Waals surface area (Å²) >= 11 is 0. The molecule has 160 valence electrons. The van der Waals surface area contributed by atoms with Crippen LogP contribution in [0.1, 0.15) is 49.3 Å². The zero-order valence-corrected chi connectivity index (χ0v) is 17.9. The number of rotatable bonds is 2. The van der Waals surface area contributed by atoms with Gasteiger partial charge in [-0.2, -0.15) is 0 Å². The first-order valence-corrected chi connectivity index (χ1v) is 11.9. The summed E-state index contributed by atoms with van der Waals surface area (Å²) in [6, 6.07) is 11.9. The first-order valence-electron chi connectivity index (χ1n) is 10.5. The minimum absolute atomic E-state index is 0.00187. The summed E-state index contributed by atoms with van der Waals surface area (Å²) in [4.78, 5) is 18.2. The number of para-hydroxylation sites is 1. The van der Waals surface area contributed by atoms with E-state index in [1.54, 1.807) is 22.8 Å². The summed E-state index contributed by atoms with van der Waals surface area (Å²) in [5.41, 5.74) is 1.18. The molecule has 0 amide bonds. The summed E-state index contributed by atoms with van der Waals surface area (Å²) in [7, 11) is -3.91. The van der Waals surface area contributed by atoms with Crippen molar-refractivity contribution < 1.29 is 13.5 Å². The van der Waals surface area contributed by atoms with Crippen LogP contribution in [0.15, 0.2) is 57.1 Å². The fourth-order valence-corrected chi connectivity index (χ4v) is 5.90. The third kappa shape index (κ3) is 3.13. The van der Waals surface area contributed by atoms with Crippen LogP contribution in [-0.2, 0) is 10.0 Å². The predicted octanol–water partition coefficient (Wildman–Crippen LogP) is 3.89. The first kappa shape index (κ1) is 19.8. The van der Waals surface area contributed by atoms with Gasteiger partial charge in [0.2, 0.25) is 0 Å². The molecule has 1 aromatic heterocycles. The molecule has 7 nitrogen and oxygen atoms in total. The van der Waals surface area contributed by atoms with Crippen molar-refractivity contribution in [3.63, 3.8) is 0 Å². The zero-order chi connectivity index (χ0) is 21.8. The molecule has 2 aliphatic rings. The summed E-state index contributed by atoms with van der Waals surface area (Å²) in [5, 5.41) is 11.7. The average Bonchev–Trinajstić information content (AvgIpc) is 2.74. The Bertz CT molecular complexity index is 1400. The van der Waals surface area contributed by atoms with Gasteiger partial charge in [0.25, 0.3) is 15.6 Å². The second kappa shape index (κ2) is 7.23. The summed E-state index contributed by atoms with van der Waals surface area (Å²) in [5.74, 6) is -0.387. The second-order valence-electron chi connectivity index (χ2n) is 8.19. The molecule has 1 aliphatic heterocycles. The Hall–Kier alpha value is -3.13. The summed E-state index contributed by atoms with van der Waals surface area (Å²) in [6.07, 6.45) is 4.93. The Labute approximate surface area is 180 Å². The van der Waals surface area contributed by atoms with Crippen molar-refractivity contribution in [3.8, 4) is 5.75 Å². The van der Waals surface area contributed by atoms with Gasteiger partial charge in [0, 0.05) is 11.4 Å². The van der Waals surface area contributed by atoms with E-state index in [1.165, 1.54) is 6.07 Å². The van der Waals surface area contributed by atoms with E-state index in [2.05, 4.69) is 9.71 Å². The molecule has 0 unspecified atom stereocenters. The van der Waals surface area contributed by atoms with Crippen LogP contribution < -0.4 is 10.3 Å². The van der Waals surface area contributed by atoms with E-state index in [9.17, 15) is 18.3 Å². The minimum Gasteiger partial charge on any atom is -0.506 e. The van der Waals surface area contributed by atoms with E-state index in [1.807, 2.05) is 25.1 Å². The van der Waals surface area contributed by atoms with Crippen molar-refractivity contribution in [2.45, 2.75) is 50.0 Å². The molecular weight excluding hydrogens is 414 g/mol. The molecular formula is C23H23N3O4S. The second-order valence-corrected chi connectivity index (χ2v) is 9.84. The number of hydrogen-bond donors (Lipinski definition) is 2. The van der Waals surface area contributed by atoms with Gasteiger partial charge >= 0.3 is 0 Å². The predicted molar refractivity (Wildman–Crippen MR) is 120 cm³/mol. The Kier molecular flexibility index (Phi) is 4.62. The maximum Gasteiger partial charge on any atom is 0.266 e. The van der Waals surface area contributed by atoms with Crippen LogP contribution in [0.3, 0.4) is 0 Å². The van der Waals surface area contributed by atoms with Gasteiger partial charge in [-0.05, 0) is 43.5 Å². The fourth-order valence-electron chi connectivity index (χ4n) is 4.74. The maximum absolute atomic E-state index is 13.7. The van der Waals surface area contributed by atoms with Crippen LogP contribution >= 0.6 is 0 Å². The number of fused-ring (bicyclic) bond motifs is 2. The molecule has 0 spiro atoms. The quantitative estimate of drug-likeness (QED) is 0.635. The van der Waals surface area contributed by atoms with Crippen molar-refractivity contribution in [2.24, 2.45) is 4.99 Å². The van der Waals surface area contributed by atoms with Gasteiger partial charge in [0.05, 0.1) is 11.2 Å². The van der Waals surface area contributed by atoms with Gasteiger partial charge in [0.15, 0.2) is 5.84 Å². The van der Waals surface area contributed by atoms with Crippen LogP contribution in [0.2, 0.25) is 0 Å². The Balaban J connectivity index is 1.84. The summed E-state index contributed by atoms with van der Waals surface area (Å²) < 4.78 is 29.8. The smallest absolute Gasteiger partial charge is 0.266 e. The molecule has 0 bridgehead atoms. The van der Waals surface area contributed by atoms with Gasteiger partial charge in [0.1, 0.15) is 16.2 Å². The van der Waals surface area contributed by atoms with Crippen LogP contribution in [-0.4, -0.2) is 23.9 Å². The van der Waals surface area contributed by atoms with E-state index >= 15 is 0 Å². The molecule has 31 heavy (non-hydrogen) atoms. The van der Waals surface area contributed by atoms with Gasteiger partial charge in [-0.25, -0.2) is 13.4 Å². The van der Waals surface area contributed by atoms with Crippen LogP contribution in [0, 0.1) is 6.92 Å². The lowest BCUT2D eigenvalue weighted by atomic mass is 9.94. The molecule has 8 heteroatoms. The standard InChI is InChI=1S/C23H23N3O4S/c1-14-8-7-12-17-19(14)21(27)20(23(28)26(17)15-9-3-2-4-10-15)22-24-16-11-5-6-13-18(16)31(29,30)25-22/h5-8,11-13,15,27H,2-4,9-10H2,1H3,(H,24,25). The van der Waals surface area contributed by atoms with Crippen molar-refractivity contribution >= 4 is 32.4 Å². The van der Waals surface area contributed by atoms with Crippen LogP contribution in [0.4, 0.5) is 5.69 Å². The molecule has 5 rings (SSSR count). The highest BCUT2D eigenvalue weighted by Gasteiger charge is 2.31. The number of aromatic hydroxyl groups is 1. The average molecular weight is 438 g/mol. The zero-order valence-electron chi connectivity index (χ0n) is 17.1. The monoisotopic (exact) mass is 437 g/mol. The van der Waals surface area contributed by atoms with Crippen molar-refractivity contribution in [1.29, 1.82) is 0 Å². The number of aromatic nitrogens is 1. The highest BCUT2D eigenvalue weighted by atomic mass is 32.2. The topological polar surface area (TPSA) is 101 Å². The van der Waals surface area contributed by atoms with E-state index in [-0.39, 0.29) is 33.8 Å². The molecule has 0 atom stereocenters. The first-order chi connectivity index (χ1) is 14.9. The summed E-state index contributed by atoms with van der Waals surface area (Å²) in [6.45, 7) is 1.86. The number of nitrogens with zero attached hydrogens (tertiary/aromatic N) is 2. The lowest BCUT2D eigenvalue weighted by molar-refractivity contribution is 0.352.